The summed E-state index contributed by atoms with van der Waals surface area (Å²) in [4.78, 5) is 16.3. The van der Waals surface area contributed by atoms with Crippen LogP contribution in [0.4, 0.5) is 5.69 Å². The van der Waals surface area contributed by atoms with Crippen molar-refractivity contribution in [2.24, 2.45) is 0 Å². The van der Waals surface area contributed by atoms with Crippen molar-refractivity contribution >= 4 is 34.2 Å². The van der Waals surface area contributed by atoms with Gasteiger partial charge in [-0.3, -0.25) is 4.79 Å². The van der Waals surface area contributed by atoms with E-state index in [1.54, 1.807) is 25.1 Å². The molecule has 0 radical (unpaired) electrons. The highest BCUT2D eigenvalue weighted by atomic mass is 35.5. The first kappa shape index (κ1) is 13.6. The zero-order chi connectivity index (χ0) is 15.0. The number of amides is 1. The Morgan fingerprint density at radius 2 is 2.00 bits per heavy atom. The monoisotopic (exact) mass is 300 g/mol. The molecular weight excluding hydrogens is 288 g/mol. The van der Waals surface area contributed by atoms with Crippen LogP contribution in [0.15, 0.2) is 40.8 Å². The molecule has 0 saturated carbocycles. The molecule has 2 heterocycles. The standard InChI is InChI=1S/C16H13ClN2O2/c1-9-3-5-13-11(7-9)8-14(21-13)16(20)19-12-4-6-15(17)18-10(12)2/h3-8H,1-2H3,(H,19,20). The van der Waals surface area contributed by atoms with Crippen molar-refractivity contribution in [1.82, 2.24) is 4.98 Å². The predicted molar refractivity (Wildman–Crippen MR) is 82.9 cm³/mol. The number of rotatable bonds is 2. The van der Waals surface area contributed by atoms with Gasteiger partial charge in [-0.15, -0.1) is 0 Å². The van der Waals surface area contributed by atoms with Gasteiger partial charge in [0.05, 0.1) is 11.4 Å². The number of carbonyl (C=O) groups is 1. The van der Waals surface area contributed by atoms with E-state index >= 15 is 0 Å². The lowest BCUT2D eigenvalue weighted by molar-refractivity contribution is 0.0998. The Bertz CT molecular complexity index is 839. The van der Waals surface area contributed by atoms with Crippen molar-refractivity contribution in [3.8, 4) is 0 Å². The molecule has 0 bridgehead atoms. The quantitative estimate of drug-likeness (QED) is 0.716. The Kier molecular flexibility index (Phi) is 3.39. The molecule has 5 heteroatoms. The third-order valence-electron chi connectivity index (χ3n) is 3.20. The number of halogens is 1. The lowest BCUT2D eigenvalue weighted by atomic mass is 10.2. The van der Waals surface area contributed by atoms with Crippen molar-refractivity contribution in [2.75, 3.05) is 5.32 Å². The zero-order valence-corrected chi connectivity index (χ0v) is 12.4. The Balaban J connectivity index is 1.89. The van der Waals surface area contributed by atoms with E-state index in [9.17, 15) is 4.79 Å². The fraction of sp³-hybridized carbons (Fsp3) is 0.125. The van der Waals surface area contributed by atoms with E-state index in [1.165, 1.54) is 0 Å². The average Bonchev–Trinajstić information content (AvgIpc) is 2.85. The third kappa shape index (κ3) is 2.76. The van der Waals surface area contributed by atoms with E-state index in [-0.39, 0.29) is 11.7 Å². The maximum atomic E-state index is 12.2. The smallest absolute Gasteiger partial charge is 0.291 e. The van der Waals surface area contributed by atoms with E-state index in [0.717, 1.165) is 10.9 Å². The number of anilines is 1. The second kappa shape index (κ2) is 5.22. The van der Waals surface area contributed by atoms with Crippen molar-refractivity contribution in [1.29, 1.82) is 0 Å². The number of hydrogen-bond donors (Lipinski definition) is 1. The summed E-state index contributed by atoms with van der Waals surface area (Å²) in [7, 11) is 0. The number of nitrogens with zero attached hydrogens (tertiary/aromatic N) is 1. The van der Waals surface area contributed by atoms with Crippen molar-refractivity contribution < 1.29 is 9.21 Å². The van der Waals surface area contributed by atoms with Crippen LogP contribution in [0, 0.1) is 13.8 Å². The molecule has 1 N–H and O–H groups in total. The number of carbonyl (C=O) groups excluding carboxylic acids is 1. The normalized spacial score (nSPS) is 10.8. The first-order valence-corrected chi connectivity index (χ1v) is 6.85. The number of furan rings is 1. The summed E-state index contributed by atoms with van der Waals surface area (Å²) >= 11 is 5.80. The highest BCUT2D eigenvalue weighted by Gasteiger charge is 2.14. The number of nitrogens with one attached hydrogen (secondary N) is 1. The van der Waals surface area contributed by atoms with Gasteiger partial charge in [0, 0.05) is 5.39 Å². The van der Waals surface area contributed by atoms with Crippen LogP contribution in [-0.4, -0.2) is 10.9 Å². The van der Waals surface area contributed by atoms with Gasteiger partial charge in [-0.1, -0.05) is 23.2 Å². The maximum absolute atomic E-state index is 12.2. The van der Waals surface area contributed by atoms with Gasteiger partial charge in [0.25, 0.3) is 5.91 Å². The van der Waals surface area contributed by atoms with Gasteiger partial charge in [0.2, 0.25) is 0 Å². The molecule has 0 aliphatic carbocycles. The molecule has 4 nitrogen and oxygen atoms in total. The van der Waals surface area contributed by atoms with Gasteiger partial charge >= 0.3 is 0 Å². The second-order valence-electron chi connectivity index (χ2n) is 4.87. The van der Waals surface area contributed by atoms with Crippen LogP contribution in [0.5, 0.6) is 0 Å². The van der Waals surface area contributed by atoms with E-state index in [2.05, 4.69) is 10.3 Å². The van der Waals surface area contributed by atoms with Crippen molar-refractivity contribution in [2.45, 2.75) is 13.8 Å². The van der Waals surface area contributed by atoms with Crippen molar-refractivity contribution in [3.63, 3.8) is 0 Å². The van der Waals surface area contributed by atoms with Crippen LogP contribution in [0.2, 0.25) is 5.15 Å². The molecule has 0 saturated heterocycles. The number of benzene rings is 1. The molecule has 1 amide bonds. The molecule has 0 aliphatic heterocycles. The molecule has 1 aromatic carbocycles. The van der Waals surface area contributed by atoms with Crippen LogP contribution >= 0.6 is 11.6 Å². The van der Waals surface area contributed by atoms with Crippen LogP contribution in [0.3, 0.4) is 0 Å². The maximum Gasteiger partial charge on any atom is 0.291 e. The molecule has 21 heavy (non-hydrogen) atoms. The molecule has 0 spiro atoms. The van der Waals surface area contributed by atoms with Crippen LogP contribution < -0.4 is 5.32 Å². The highest BCUT2D eigenvalue weighted by molar-refractivity contribution is 6.29. The number of aromatic nitrogens is 1. The minimum Gasteiger partial charge on any atom is -0.451 e. The number of pyridine rings is 1. The van der Waals surface area contributed by atoms with Gasteiger partial charge in [-0.05, 0) is 44.2 Å². The summed E-state index contributed by atoms with van der Waals surface area (Å²) in [6, 6.07) is 10.9. The van der Waals surface area contributed by atoms with Crippen LogP contribution in [0.25, 0.3) is 11.0 Å². The Morgan fingerprint density at radius 3 is 2.76 bits per heavy atom. The van der Waals surface area contributed by atoms with Crippen LogP contribution in [-0.2, 0) is 0 Å². The molecule has 3 aromatic rings. The van der Waals surface area contributed by atoms with E-state index in [0.29, 0.717) is 22.1 Å². The average molecular weight is 301 g/mol. The molecule has 0 atom stereocenters. The molecule has 0 unspecified atom stereocenters. The molecule has 106 valence electrons. The second-order valence-corrected chi connectivity index (χ2v) is 5.26. The first-order valence-electron chi connectivity index (χ1n) is 6.47. The first-order chi connectivity index (χ1) is 10.0. The summed E-state index contributed by atoms with van der Waals surface area (Å²) in [5.41, 5.74) is 3.08. The van der Waals surface area contributed by atoms with Gasteiger partial charge in [-0.25, -0.2) is 4.98 Å². The Labute approximate surface area is 126 Å². The molecule has 0 fully saturated rings. The van der Waals surface area contributed by atoms with Gasteiger partial charge in [0.1, 0.15) is 10.7 Å². The number of hydrogen-bond acceptors (Lipinski definition) is 3. The zero-order valence-electron chi connectivity index (χ0n) is 11.6. The van der Waals surface area contributed by atoms with Gasteiger partial charge in [-0.2, -0.15) is 0 Å². The number of fused-ring (bicyclic) bond motifs is 1. The lowest BCUT2D eigenvalue weighted by Crippen LogP contribution is -2.12. The van der Waals surface area contributed by atoms with E-state index in [4.69, 9.17) is 16.0 Å². The fourth-order valence-electron chi connectivity index (χ4n) is 2.12. The molecule has 0 aliphatic rings. The van der Waals surface area contributed by atoms with Crippen LogP contribution in [0.1, 0.15) is 21.8 Å². The summed E-state index contributed by atoms with van der Waals surface area (Å²) in [6.45, 7) is 3.78. The van der Waals surface area contributed by atoms with Gasteiger partial charge in [0.15, 0.2) is 5.76 Å². The minimum atomic E-state index is -0.309. The largest absolute Gasteiger partial charge is 0.451 e. The predicted octanol–water partition coefficient (Wildman–Crippen LogP) is 4.35. The topological polar surface area (TPSA) is 55.1 Å². The molecule has 3 rings (SSSR count). The highest BCUT2D eigenvalue weighted by Crippen LogP contribution is 2.22. The van der Waals surface area contributed by atoms with Gasteiger partial charge < -0.3 is 9.73 Å². The summed E-state index contributed by atoms with van der Waals surface area (Å²) in [6.07, 6.45) is 0. The third-order valence-corrected chi connectivity index (χ3v) is 3.41. The number of aryl methyl sites for hydroxylation is 2. The molecule has 2 aromatic heterocycles. The summed E-state index contributed by atoms with van der Waals surface area (Å²) < 4.78 is 5.56. The summed E-state index contributed by atoms with van der Waals surface area (Å²) in [5.74, 6) is -0.0407. The minimum absolute atomic E-state index is 0.268. The Hall–Kier alpha value is -2.33. The van der Waals surface area contributed by atoms with E-state index in [1.807, 2.05) is 25.1 Å². The summed E-state index contributed by atoms with van der Waals surface area (Å²) in [5, 5.41) is 4.08. The Morgan fingerprint density at radius 1 is 1.19 bits per heavy atom. The lowest BCUT2D eigenvalue weighted by Gasteiger charge is -2.06. The molecular formula is C16H13ClN2O2. The van der Waals surface area contributed by atoms with E-state index < -0.39 is 0 Å². The van der Waals surface area contributed by atoms with Crippen molar-refractivity contribution in [3.05, 3.63) is 58.6 Å². The fourth-order valence-corrected chi connectivity index (χ4v) is 2.31. The SMILES string of the molecule is Cc1ccc2oc(C(=O)Nc3ccc(Cl)nc3C)cc2c1.